The number of cyclic esters (lactones) is 1. The van der Waals surface area contributed by atoms with Gasteiger partial charge in [-0.05, 0) is 83.6 Å². The van der Waals surface area contributed by atoms with E-state index in [-0.39, 0.29) is 56.0 Å². The molecule has 5 rings (SSSR count). The molecule has 5 heterocycles. The molecular weight excluding hydrogens is 833 g/mol. The molecule has 62 heavy (non-hydrogen) atoms. The number of esters is 1. The molecule has 0 radical (unpaired) electrons. The first kappa shape index (κ1) is 50.7. The summed E-state index contributed by atoms with van der Waals surface area (Å²) in [5.41, 5.74) is -5.75. The zero-order valence-electron chi connectivity index (χ0n) is 37.7. The number of allylic oxidation sites excluding steroid dienone is 1. The number of methoxy groups -OCH3 is 1. The maximum Gasteiger partial charge on any atom is 0.411 e. The first-order valence-corrected chi connectivity index (χ1v) is 21.9. The fourth-order valence-corrected chi connectivity index (χ4v) is 9.04. The van der Waals surface area contributed by atoms with Crippen molar-refractivity contribution in [3.8, 4) is 11.5 Å². The van der Waals surface area contributed by atoms with Crippen molar-refractivity contribution < 1.29 is 56.2 Å². The summed E-state index contributed by atoms with van der Waals surface area (Å²) in [6.45, 7) is 12.5. The predicted molar refractivity (Wildman–Crippen MR) is 225 cm³/mol. The number of carbonyl (C=O) groups is 4. The number of Topliss-reactive ketones (excluding diaryl/α,β-unsaturated/α-hetero) is 2. The first-order valence-electron chi connectivity index (χ1n) is 20.8. The molecule has 13 atom stereocenters. The Kier molecular flexibility index (Phi) is 17.3. The third-order valence-corrected chi connectivity index (χ3v) is 12.4. The topological polar surface area (TPSA) is 198 Å². The smallest absolute Gasteiger partial charge is 0.411 e. The summed E-state index contributed by atoms with van der Waals surface area (Å²) in [7, 11) is 5.02. The fourth-order valence-electron chi connectivity index (χ4n) is 9.04. The Balaban J connectivity index is 0.00000273. The number of hydrogen-bond donors (Lipinski definition) is 1. The van der Waals surface area contributed by atoms with Crippen LogP contribution in [0.1, 0.15) is 74.7 Å². The van der Waals surface area contributed by atoms with Gasteiger partial charge in [0.1, 0.15) is 23.7 Å². The molecule has 0 aromatic carbocycles. The number of fused-ring (bicyclic) bond motifs is 1. The Morgan fingerprint density at radius 2 is 1.73 bits per heavy atom. The van der Waals surface area contributed by atoms with Gasteiger partial charge in [0, 0.05) is 62.1 Å². The minimum atomic E-state index is -3.20. The van der Waals surface area contributed by atoms with Crippen LogP contribution in [0.2, 0.25) is 0 Å². The van der Waals surface area contributed by atoms with Gasteiger partial charge in [0.15, 0.2) is 17.7 Å². The van der Waals surface area contributed by atoms with Crippen LogP contribution in [0.25, 0.3) is 11.5 Å². The van der Waals surface area contributed by atoms with E-state index in [0.717, 1.165) is 6.92 Å². The van der Waals surface area contributed by atoms with Crippen LogP contribution < -0.4 is 0 Å². The van der Waals surface area contributed by atoms with Crippen molar-refractivity contribution >= 4 is 35.8 Å². The van der Waals surface area contributed by atoms with Gasteiger partial charge in [0.25, 0.3) is 5.67 Å². The number of nitrogens with zero attached hydrogens (tertiary/aromatic N) is 7. The highest BCUT2D eigenvalue weighted by Gasteiger charge is 2.61. The highest BCUT2D eigenvalue weighted by molar-refractivity contribution is 7.93. The van der Waals surface area contributed by atoms with Gasteiger partial charge >= 0.3 is 12.1 Å². The zero-order valence-corrected chi connectivity index (χ0v) is 38.5. The quantitative estimate of drug-likeness (QED) is 0.193. The van der Waals surface area contributed by atoms with Gasteiger partial charge in [0.2, 0.25) is 5.82 Å². The molecule has 1 N–H and O–H groups in total. The van der Waals surface area contributed by atoms with E-state index in [2.05, 4.69) is 20.5 Å². The molecule has 3 aliphatic rings. The number of halogens is 2. The summed E-state index contributed by atoms with van der Waals surface area (Å²) in [6.07, 6.45) is 0.832. The highest BCUT2D eigenvalue weighted by Crippen LogP contribution is 2.43. The number of hydrogen-bond acceptors (Lipinski definition) is 16. The lowest BCUT2D eigenvalue weighted by molar-refractivity contribution is -0.295. The first-order chi connectivity index (χ1) is 29.1. The summed E-state index contributed by atoms with van der Waals surface area (Å²) in [4.78, 5) is 64.2. The van der Waals surface area contributed by atoms with E-state index in [0.29, 0.717) is 17.9 Å². The van der Waals surface area contributed by atoms with Gasteiger partial charge in [-0.15, -0.1) is 5.10 Å². The molecule has 0 aliphatic carbocycles. The monoisotopic (exact) mass is 895 g/mol. The molecule has 3 fully saturated rings. The van der Waals surface area contributed by atoms with Gasteiger partial charge in [0.05, 0.1) is 30.4 Å². The van der Waals surface area contributed by atoms with Crippen LogP contribution in [0.5, 0.6) is 0 Å². The lowest BCUT2D eigenvalue weighted by Crippen LogP contribution is -2.61. The number of aromatic nitrogens is 5. The Labute approximate surface area is 366 Å². The van der Waals surface area contributed by atoms with Crippen molar-refractivity contribution in [3.05, 3.63) is 36.5 Å². The number of ether oxygens (including phenoxy) is 5. The van der Waals surface area contributed by atoms with E-state index in [4.69, 9.17) is 23.7 Å². The predicted octanol–water partition coefficient (Wildman–Crippen LogP) is 4.82. The van der Waals surface area contributed by atoms with E-state index in [1.165, 1.54) is 29.9 Å². The van der Waals surface area contributed by atoms with Crippen molar-refractivity contribution in [2.45, 2.75) is 141 Å². The molecule has 1 amide bonds. The molecule has 0 saturated carbocycles. The van der Waals surface area contributed by atoms with Crippen LogP contribution >= 0.6 is 12.1 Å². The van der Waals surface area contributed by atoms with Crippen molar-refractivity contribution in [2.75, 3.05) is 34.0 Å². The second-order valence-corrected chi connectivity index (χ2v) is 17.4. The number of aliphatic hydroxyl groups excluding tert-OH is 1. The SMILES string of the molecule is CC[C@H]1OC(=O)[C@@](C)(F)C(=O)[C@H](C)[C@@H](O[C@@H]2OC(C)CC(N(C)C)C2O)[C@](C)(OC)C[C@@H](C)C(=O)[C@H](C)[C@H]2N(C/C=C/Cn3nnnc3-c3ccccn3)C(=O)O[C@]12C.CSF. The third-order valence-electron chi connectivity index (χ3n) is 12.4. The molecule has 17 nitrogen and oxygen atoms in total. The molecule has 3 aliphatic heterocycles. The standard InChI is InChI=1S/C41H60FN7O10.CH3FS/c1-12-29-41(8)32(48(38(54)59-41)19-15-16-20-49-35(44-45-46-49)27-17-13-14-18-43-27)25(4)30(50)23(2)22-39(6,55-11)34(26(5)33(52)40(7,42)37(53)57-29)58-36-31(51)28(47(9)10)21-24(3)56-36;1-3-2/h13-18,23-26,28-29,31-32,34,36,51H,12,19-22H2,1-11H3;1H3/b16-15+;/t23-,24?,25+,26+,28?,29-,31?,32-,34-,36+,39-,40+,41-;/m1./s1. The van der Waals surface area contributed by atoms with Crippen LogP contribution in [0.4, 0.5) is 13.1 Å². The second-order valence-electron chi connectivity index (χ2n) is 17.1. The van der Waals surface area contributed by atoms with Crippen molar-refractivity contribution in [2.24, 2.45) is 17.8 Å². The minimum absolute atomic E-state index is 0.0187. The molecule has 2 aromatic rings. The number of rotatable bonds is 10. The summed E-state index contributed by atoms with van der Waals surface area (Å²) in [6, 6.07) is 3.99. The number of tetrazole rings is 1. The highest BCUT2D eigenvalue weighted by atomic mass is 32.2. The average Bonchev–Trinajstić information content (AvgIpc) is 3.81. The largest absolute Gasteiger partial charge is 0.455 e. The van der Waals surface area contributed by atoms with Gasteiger partial charge in [-0.2, -0.15) is 3.89 Å². The number of amides is 1. The number of pyridine rings is 1. The zero-order chi connectivity index (χ0) is 46.3. The summed E-state index contributed by atoms with van der Waals surface area (Å²) >= 11 is 0.250. The van der Waals surface area contributed by atoms with Crippen LogP contribution in [0.15, 0.2) is 36.5 Å². The molecule has 3 saturated heterocycles. The Hall–Kier alpha value is -3.95. The number of aliphatic hydroxyl groups is 1. The molecule has 0 spiro atoms. The summed E-state index contributed by atoms with van der Waals surface area (Å²) < 4.78 is 59.1. The van der Waals surface area contributed by atoms with E-state index in [1.807, 2.05) is 32.0 Å². The van der Waals surface area contributed by atoms with E-state index in [1.54, 1.807) is 65.1 Å². The molecule has 2 aromatic heterocycles. The number of ketones is 2. The number of alkyl halides is 1. The van der Waals surface area contributed by atoms with Crippen LogP contribution in [-0.2, 0) is 44.6 Å². The Morgan fingerprint density at radius 1 is 1.06 bits per heavy atom. The lowest BCUT2D eigenvalue weighted by atomic mass is 9.73. The number of carbonyl (C=O) groups excluding carboxylic acids is 4. The fraction of sp³-hybridized carbons (Fsp3) is 0.714. The van der Waals surface area contributed by atoms with Crippen LogP contribution in [0.3, 0.4) is 0 Å². The third kappa shape index (κ3) is 10.7. The van der Waals surface area contributed by atoms with Gasteiger partial charge in [-0.3, -0.25) is 19.5 Å². The minimum Gasteiger partial charge on any atom is -0.455 e. The van der Waals surface area contributed by atoms with Gasteiger partial charge < -0.3 is 33.7 Å². The van der Waals surface area contributed by atoms with Gasteiger partial charge in [-0.1, -0.05) is 45.9 Å². The maximum absolute atomic E-state index is 16.9. The molecule has 346 valence electrons. The Morgan fingerprint density at radius 3 is 2.32 bits per heavy atom. The van der Waals surface area contributed by atoms with E-state index < -0.39 is 83.1 Å². The average molecular weight is 896 g/mol. The molecule has 3 unspecified atom stereocenters. The molecular formula is C42H63F2N7O10S. The molecule has 20 heteroatoms. The summed E-state index contributed by atoms with van der Waals surface area (Å²) in [5, 5.41) is 23.3. The second kappa shape index (κ2) is 21.2. The van der Waals surface area contributed by atoms with Crippen molar-refractivity contribution in [1.82, 2.24) is 35.0 Å². The number of likely N-dealkylation sites (N-methyl/N-ethyl adjacent to an activating group) is 1. The van der Waals surface area contributed by atoms with E-state index in [9.17, 15) is 28.2 Å². The lowest BCUT2D eigenvalue weighted by Gasteiger charge is -2.47. The Bertz CT molecular complexity index is 1880. The summed E-state index contributed by atoms with van der Waals surface area (Å²) in [5.74, 6) is -5.55. The van der Waals surface area contributed by atoms with Gasteiger partial charge in [-0.25, -0.2) is 18.7 Å². The van der Waals surface area contributed by atoms with Crippen LogP contribution in [0, 0.1) is 17.8 Å². The van der Waals surface area contributed by atoms with Crippen molar-refractivity contribution in [3.63, 3.8) is 0 Å². The maximum atomic E-state index is 16.9. The normalized spacial score (nSPS) is 36.2. The van der Waals surface area contributed by atoms with E-state index >= 15 is 4.39 Å². The molecule has 0 bridgehead atoms. The van der Waals surface area contributed by atoms with Crippen molar-refractivity contribution in [1.29, 1.82) is 0 Å². The van der Waals surface area contributed by atoms with Crippen LogP contribution in [-0.4, -0.2) is 157 Å².